The van der Waals surface area contributed by atoms with Gasteiger partial charge >= 0.3 is 0 Å². The molecule has 2 saturated heterocycles. The Morgan fingerprint density at radius 1 is 1.00 bits per heavy atom. The van der Waals surface area contributed by atoms with Crippen LogP contribution < -0.4 is 14.5 Å². The molecule has 0 bridgehead atoms. The fraction of sp³-hybridized carbons (Fsp3) is 0.545. The van der Waals surface area contributed by atoms with Gasteiger partial charge in [-0.25, -0.2) is 9.97 Å². The first-order valence-electron chi connectivity index (χ1n) is 10.4. The predicted molar refractivity (Wildman–Crippen MR) is 111 cm³/mol. The lowest BCUT2D eigenvalue weighted by molar-refractivity contribution is 0.170. The van der Waals surface area contributed by atoms with Crippen LogP contribution in [0.15, 0.2) is 36.7 Å². The number of piperidine rings is 2. The molecule has 6 nitrogen and oxygen atoms in total. The van der Waals surface area contributed by atoms with Gasteiger partial charge in [-0.3, -0.25) is 0 Å². The van der Waals surface area contributed by atoms with Crippen molar-refractivity contribution in [2.75, 3.05) is 42.6 Å². The molecule has 1 aromatic carbocycles. The molecule has 0 aliphatic carbocycles. The minimum absolute atomic E-state index is 0.253. The van der Waals surface area contributed by atoms with E-state index in [1.807, 2.05) is 0 Å². The molecule has 0 spiro atoms. The first-order chi connectivity index (χ1) is 13.7. The zero-order valence-corrected chi connectivity index (χ0v) is 16.6. The zero-order chi connectivity index (χ0) is 19.3. The molecule has 1 aromatic heterocycles. The molecule has 150 valence electrons. The van der Waals surface area contributed by atoms with Gasteiger partial charge in [-0.15, -0.1) is 0 Å². The molecule has 1 N–H and O–H groups in total. The fourth-order valence-electron chi connectivity index (χ4n) is 4.12. The summed E-state index contributed by atoms with van der Waals surface area (Å²) in [5.74, 6) is 3.27. The maximum Gasteiger partial charge on any atom is 0.134 e. The molecule has 1 unspecified atom stereocenters. The normalized spacial score (nSPS) is 21.0. The average Bonchev–Trinajstić information content (AvgIpc) is 2.76. The van der Waals surface area contributed by atoms with Crippen molar-refractivity contribution in [2.24, 2.45) is 5.92 Å². The van der Waals surface area contributed by atoms with E-state index in [0.717, 1.165) is 69.2 Å². The largest absolute Gasteiger partial charge is 0.490 e. The van der Waals surface area contributed by atoms with E-state index in [9.17, 15) is 5.11 Å². The summed E-state index contributed by atoms with van der Waals surface area (Å²) in [5, 5.41) is 9.48. The van der Waals surface area contributed by atoms with Gasteiger partial charge in [0, 0.05) is 51.7 Å². The van der Waals surface area contributed by atoms with Crippen LogP contribution in [0.25, 0.3) is 0 Å². The van der Waals surface area contributed by atoms with Crippen molar-refractivity contribution in [3.63, 3.8) is 0 Å². The third-order valence-corrected chi connectivity index (χ3v) is 5.83. The molecule has 2 fully saturated rings. The van der Waals surface area contributed by atoms with Crippen molar-refractivity contribution in [2.45, 2.75) is 38.7 Å². The number of hydrogen-bond donors (Lipinski definition) is 1. The van der Waals surface area contributed by atoms with Crippen LogP contribution in [0.2, 0.25) is 0 Å². The number of aliphatic hydroxyl groups is 1. The number of anilines is 2. The van der Waals surface area contributed by atoms with Crippen LogP contribution >= 0.6 is 0 Å². The van der Waals surface area contributed by atoms with E-state index < -0.39 is 0 Å². The second-order valence-electron chi connectivity index (χ2n) is 7.99. The van der Waals surface area contributed by atoms with Crippen LogP contribution in [0.4, 0.5) is 11.6 Å². The van der Waals surface area contributed by atoms with Gasteiger partial charge in [-0.1, -0.05) is 17.7 Å². The smallest absolute Gasteiger partial charge is 0.134 e. The first kappa shape index (κ1) is 19.0. The van der Waals surface area contributed by atoms with Gasteiger partial charge in [0.25, 0.3) is 0 Å². The molecule has 2 aliphatic rings. The summed E-state index contributed by atoms with van der Waals surface area (Å²) in [6, 6.07) is 10.4. The van der Waals surface area contributed by atoms with Crippen molar-refractivity contribution >= 4 is 11.6 Å². The minimum Gasteiger partial charge on any atom is -0.490 e. The molecule has 28 heavy (non-hydrogen) atoms. The first-order valence-corrected chi connectivity index (χ1v) is 10.4. The Balaban J connectivity index is 1.35. The molecule has 6 heteroatoms. The molecule has 4 rings (SSSR count). The van der Waals surface area contributed by atoms with Crippen LogP contribution in [-0.4, -0.2) is 54.0 Å². The Bertz CT molecular complexity index is 759. The Kier molecular flexibility index (Phi) is 5.95. The quantitative estimate of drug-likeness (QED) is 0.858. The van der Waals surface area contributed by atoms with Crippen molar-refractivity contribution in [1.82, 2.24) is 9.97 Å². The second kappa shape index (κ2) is 8.78. The minimum atomic E-state index is 0.253. The Hall–Kier alpha value is -2.34. The highest BCUT2D eigenvalue weighted by atomic mass is 16.5. The number of aryl methyl sites for hydroxylation is 1. The molecule has 3 heterocycles. The zero-order valence-electron chi connectivity index (χ0n) is 16.6. The number of nitrogens with zero attached hydrogens (tertiary/aromatic N) is 4. The van der Waals surface area contributed by atoms with Gasteiger partial charge in [-0.05, 0) is 37.8 Å². The lowest BCUT2D eigenvalue weighted by atomic mass is 9.99. The number of hydrogen-bond acceptors (Lipinski definition) is 6. The molecule has 0 amide bonds. The number of ether oxygens (including phenoxy) is 1. The Morgan fingerprint density at radius 3 is 2.43 bits per heavy atom. The van der Waals surface area contributed by atoms with Crippen molar-refractivity contribution in [3.8, 4) is 5.75 Å². The summed E-state index contributed by atoms with van der Waals surface area (Å²) in [6.07, 6.45) is 6.11. The van der Waals surface area contributed by atoms with Crippen LogP contribution in [0.1, 0.15) is 31.2 Å². The van der Waals surface area contributed by atoms with Gasteiger partial charge in [0.15, 0.2) is 0 Å². The summed E-state index contributed by atoms with van der Waals surface area (Å²) in [4.78, 5) is 13.6. The standard InChI is InChI=1S/C22H30N4O2/c1-17-4-6-19(7-5-17)28-20-8-11-25(12-9-20)21-13-22(24-16-23-21)26-10-2-3-18(14-26)15-27/h4-7,13,16,18,20,27H,2-3,8-12,14-15H2,1H3. The lowest BCUT2D eigenvalue weighted by Crippen LogP contribution is -2.39. The summed E-state index contributed by atoms with van der Waals surface area (Å²) < 4.78 is 6.15. The molecule has 1 atom stereocenters. The van der Waals surface area contributed by atoms with E-state index in [1.165, 1.54) is 5.56 Å². The predicted octanol–water partition coefficient (Wildman–Crippen LogP) is 3.04. The number of rotatable bonds is 5. The van der Waals surface area contributed by atoms with Gasteiger partial charge in [0.2, 0.25) is 0 Å². The number of aromatic nitrogens is 2. The van der Waals surface area contributed by atoms with Crippen LogP contribution in [-0.2, 0) is 0 Å². The van der Waals surface area contributed by atoms with E-state index in [4.69, 9.17) is 4.74 Å². The fourth-order valence-corrected chi connectivity index (χ4v) is 4.12. The highest BCUT2D eigenvalue weighted by Gasteiger charge is 2.24. The number of benzene rings is 1. The molecule has 2 aliphatic heterocycles. The third kappa shape index (κ3) is 4.55. The van der Waals surface area contributed by atoms with E-state index >= 15 is 0 Å². The SMILES string of the molecule is Cc1ccc(OC2CCN(c3cc(N4CCCC(CO)C4)ncn3)CC2)cc1. The highest BCUT2D eigenvalue weighted by molar-refractivity contribution is 5.50. The van der Waals surface area contributed by atoms with Crippen molar-refractivity contribution in [1.29, 1.82) is 0 Å². The number of aliphatic hydroxyl groups excluding tert-OH is 1. The lowest BCUT2D eigenvalue weighted by Gasteiger charge is -2.35. The molecular weight excluding hydrogens is 352 g/mol. The van der Waals surface area contributed by atoms with Crippen LogP contribution in [0.3, 0.4) is 0 Å². The van der Waals surface area contributed by atoms with E-state index in [1.54, 1.807) is 6.33 Å². The van der Waals surface area contributed by atoms with Gasteiger partial charge in [0.05, 0.1) is 0 Å². The van der Waals surface area contributed by atoms with Gasteiger partial charge < -0.3 is 19.6 Å². The van der Waals surface area contributed by atoms with Gasteiger partial charge in [0.1, 0.15) is 29.8 Å². The van der Waals surface area contributed by atoms with Crippen LogP contribution in [0.5, 0.6) is 5.75 Å². The van der Waals surface area contributed by atoms with Crippen molar-refractivity contribution < 1.29 is 9.84 Å². The second-order valence-corrected chi connectivity index (χ2v) is 7.99. The molecule has 2 aromatic rings. The maximum atomic E-state index is 9.48. The molecule has 0 saturated carbocycles. The third-order valence-electron chi connectivity index (χ3n) is 5.83. The topological polar surface area (TPSA) is 61.7 Å². The highest BCUT2D eigenvalue weighted by Crippen LogP contribution is 2.26. The van der Waals surface area contributed by atoms with E-state index in [2.05, 4.69) is 57.0 Å². The average molecular weight is 383 g/mol. The molecular formula is C22H30N4O2. The van der Waals surface area contributed by atoms with Crippen molar-refractivity contribution in [3.05, 3.63) is 42.2 Å². The molecule has 0 radical (unpaired) electrons. The Labute approximate surface area is 167 Å². The summed E-state index contributed by atoms with van der Waals surface area (Å²) in [7, 11) is 0. The summed E-state index contributed by atoms with van der Waals surface area (Å²) >= 11 is 0. The summed E-state index contributed by atoms with van der Waals surface area (Å²) in [6.45, 7) is 6.09. The van der Waals surface area contributed by atoms with Crippen LogP contribution in [0, 0.1) is 12.8 Å². The van der Waals surface area contributed by atoms with Gasteiger partial charge in [-0.2, -0.15) is 0 Å². The maximum absolute atomic E-state index is 9.48. The Morgan fingerprint density at radius 2 is 1.71 bits per heavy atom. The van der Waals surface area contributed by atoms with E-state index in [0.29, 0.717) is 5.92 Å². The monoisotopic (exact) mass is 382 g/mol. The van der Waals surface area contributed by atoms with E-state index in [-0.39, 0.29) is 12.7 Å². The summed E-state index contributed by atoms with van der Waals surface area (Å²) in [5.41, 5.74) is 1.25.